The van der Waals surface area contributed by atoms with Gasteiger partial charge < -0.3 is 0 Å². The molecular formula is C7H7N3O. The Kier molecular flexibility index (Phi) is 1.15. The summed E-state index contributed by atoms with van der Waals surface area (Å²) in [6.07, 6.45) is 2.21. The number of fused-ring (bicyclic) bond motifs is 1. The highest BCUT2D eigenvalue weighted by Crippen LogP contribution is 2.02. The number of hydrogen-bond donors (Lipinski definition) is 0. The van der Waals surface area contributed by atoms with Crippen molar-refractivity contribution in [2.24, 2.45) is 5.10 Å². The van der Waals surface area contributed by atoms with Gasteiger partial charge in [-0.05, 0) is 6.92 Å². The molecule has 0 amide bonds. The lowest BCUT2D eigenvalue weighted by Gasteiger charge is -1.94. The van der Waals surface area contributed by atoms with Gasteiger partial charge >= 0.3 is 0 Å². The van der Waals surface area contributed by atoms with E-state index in [9.17, 15) is 4.79 Å². The lowest BCUT2D eigenvalue weighted by atomic mass is 10.3. The fourth-order valence-corrected chi connectivity index (χ4v) is 1.10. The second-order valence-electron chi connectivity index (χ2n) is 2.52. The van der Waals surface area contributed by atoms with E-state index in [1.807, 2.05) is 6.92 Å². The van der Waals surface area contributed by atoms with E-state index < -0.39 is 0 Å². The Morgan fingerprint density at radius 2 is 2.45 bits per heavy atom. The van der Waals surface area contributed by atoms with Gasteiger partial charge in [-0.2, -0.15) is 9.78 Å². The first-order valence-electron chi connectivity index (χ1n) is 3.39. The second-order valence-corrected chi connectivity index (χ2v) is 2.52. The Bertz CT molecular complexity index is 378. The highest BCUT2D eigenvalue weighted by atomic mass is 16.1. The quantitative estimate of drug-likeness (QED) is 0.522. The maximum absolute atomic E-state index is 11.1. The molecular weight excluding hydrogens is 142 g/mol. The maximum atomic E-state index is 11.1. The molecule has 0 aliphatic carbocycles. The molecule has 0 atom stereocenters. The normalized spacial score (nSPS) is 14.5. The zero-order valence-corrected chi connectivity index (χ0v) is 6.11. The highest BCUT2D eigenvalue weighted by molar-refractivity contribution is 5.84. The summed E-state index contributed by atoms with van der Waals surface area (Å²) in [5, 5.41) is 4.01. The first-order chi connectivity index (χ1) is 5.27. The summed E-state index contributed by atoms with van der Waals surface area (Å²) in [5.41, 5.74) is 0.827. The van der Waals surface area contributed by atoms with Crippen LogP contribution < -0.4 is 5.56 Å². The van der Waals surface area contributed by atoms with E-state index in [0.29, 0.717) is 6.42 Å². The Balaban J connectivity index is 2.71. The Labute approximate surface area is 63.2 Å². The lowest BCUT2D eigenvalue weighted by molar-refractivity contribution is 0.776. The SMILES string of the molecule is CC1=Nn2c(nccc2=O)C1. The van der Waals surface area contributed by atoms with Crippen LogP contribution in [0.2, 0.25) is 0 Å². The van der Waals surface area contributed by atoms with E-state index in [1.165, 1.54) is 16.9 Å². The van der Waals surface area contributed by atoms with E-state index >= 15 is 0 Å². The monoisotopic (exact) mass is 149 g/mol. The molecule has 56 valence electrons. The van der Waals surface area contributed by atoms with Crippen LogP contribution in [0, 0.1) is 0 Å². The van der Waals surface area contributed by atoms with Crippen LogP contribution in [-0.4, -0.2) is 15.4 Å². The lowest BCUT2D eigenvalue weighted by Crippen LogP contribution is -2.16. The van der Waals surface area contributed by atoms with Crippen LogP contribution in [-0.2, 0) is 6.42 Å². The maximum Gasteiger partial charge on any atom is 0.274 e. The molecule has 0 N–H and O–H groups in total. The molecule has 1 aromatic heterocycles. The summed E-state index contributed by atoms with van der Waals surface area (Å²) in [5.74, 6) is 0.731. The van der Waals surface area contributed by atoms with Gasteiger partial charge in [0.05, 0.1) is 0 Å². The fourth-order valence-electron chi connectivity index (χ4n) is 1.10. The van der Waals surface area contributed by atoms with Crippen molar-refractivity contribution in [1.82, 2.24) is 9.66 Å². The largest absolute Gasteiger partial charge is 0.274 e. The van der Waals surface area contributed by atoms with Crippen LogP contribution in [0.1, 0.15) is 12.7 Å². The second kappa shape index (κ2) is 2.02. The molecule has 1 aliphatic heterocycles. The van der Waals surface area contributed by atoms with E-state index in [-0.39, 0.29) is 5.56 Å². The van der Waals surface area contributed by atoms with Crippen molar-refractivity contribution >= 4 is 5.71 Å². The van der Waals surface area contributed by atoms with Crippen LogP contribution in [0.25, 0.3) is 0 Å². The van der Waals surface area contributed by atoms with Gasteiger partial charge in [0.25, 0.3) is 5.56 Å². The molecule has 4 heteroatoms. The number of aromatic nitrogens is 2. The van der Waals surface area contributed by atoms with E-state index in [1.54, 1.807) is 0 Å². The first-order valence-corrected chi connectivity index (χ1v) is 3.39. The minimum Gasteiger partial charge on any atom is -0.267 e. The van der Waals surface area contributed by atoms with Crippen molar-refractivity contribution in [3.8, 4) is 0 Å². The molecule has 2 heterocycles. The number of rotatable bonds is 0. The third-order valence-electron chi connectivity index (χ3n) is 1.58. The molecule has 0 radical (unpaired) electrons. The molecule has 2 rings (SSSR count). The zero-order valence-electron chi connectivity index (χ0n) is 6.11. The molecule has 0 unspecified atom stereocenters. The predicted octanol–water partition coefficient (Wildman–Crippen LogP) is 0.0234. The van der Waals surface area contributed by atoms with Crippen molar-refractivity contribution in [1.29, 1.82) is 0 Å². The van der Waals surface area contributed by atoms with Crippen molar-refractivity contribution in [3.05, 3.63) is 28.4 Å². The number of nitrogens with zero attached hydrogens (tertiary/aromatic N) is 3. The van der Waals surface area contributed by atoms with Gasteiger partial charge in [0.1, 0.15) is 5.82 Å². The fraction of sp³-hybridized carbons (Fsp3) is 0.286. The van der Waals surface area contributed by atoms with Crippen molar-refractivity contribution < 1.29 is 0 Å². The molecule has 0 bridgehead atoms. The van der Waals surface area contributed by atoms with Gasteiger partial charge in [0.15, 0.2) is 0 Å². The summed E-state index contributed by atoms with van der Waals surface area (Å²) in [6, 6.07) is 1.41. The van der Waals surface area contributed by atoms with E-state index in [0.717, 1.165) is 11.5 Å². The van der Waals surface area contributed by atoms with Gasteiger partial charge in [-0.25, -0.2) is 4.98 Å². The smallest absolute Gasteiger partial charge is 0.267 e. The van der Waals surface area contributed by atoms with Crippen LogP contribution in [0.4, 0.5) is 0 Å². The standard InChI is InChI=1S/C7H7N3O/c1-5-4-6-8-3-2-7(11)10(6)9-5/h2-3H,4H2,1H3. The molecule has 0 saturated carbocycles. The molecule has 4 nitrogen and oxygen atoms in total. The van der Waals surface area contributed by atoms with Gasteiger partial charge in [-0.1, -0.05) is 0 Å². The molecule has 0 spiro atoms. The predicted molar refractivity (Wildman–Crippen MR) is 40.7 cm³/mol. The summed E-state index contributed by atoms with van der Waals surface area (Å²) in [4.78, 5) is 15.1. The van der Waals surface area contributed by atoms with Gasteiger partial charge in [0, 0.05) is 24.4 Å². The molecule has 11 heavy (non-hydrogen) atoms. The Morgan fingerprint density at radius 1 is 1.64 bits per heavy atom. The molecule has 1 aliphatic rings. The number of hydrogen-bond acceptors (Lipinski definition) is 3. The summed E-state index contributed by atoms with van der Waals surface area (Å²) >= 11 is 0. The first kappa shape index (κ1) is 6.27. The molecule has 0 aromatic carbocycles. The molecule has 0 fully saturated rings. The van der Waals surface area contributed by atoms with E-state index in [4.69, 9.17) is 0 Å². The average Bonchev–Trinajstić information content (AvgIpc) is 2.31. The van der Waals surface area contributed by atoms with Crippen molar-refractivity contribution in [2.45, 2.75) is 13.3 Å². The van der Waals surface area contributed by atoms with Crippen molar-refractivity contribution in [3.63, 3.8) is 0 Å². The Morgan fingerprint density at radius 3 is 3.18 bits per heavy atom. The van der Waals surface area contributed by atoms with E-state index in [2.05, 4.69) is 10.1 Å². The third kappa shape index (κ3) is 0.869. The Hall–Kier alpha value is -1.45. The van der Waals surface area contributed by atoms with Crippen LogP contribution in [0.15, 0.2) is 22.2 Å². The highest BCUT2D eigenvalue weighted by Gasteiger charge is 2.11. The third-order valence-corrected chi connectivity index (χ3v) is 1.58. The topological polar surface area (TPSA) is 47.2 Å². The van der Waals surface area contributed by atoms with Crippen LogP contribution >= 0.6 is 0 Å². The average molecular weight is 149 g/mol. The van der Waals surface area contributed by atoms with Crippen LogP contribution in [0.5, 0.6) is 0 Å². The molecule has 0 saturated heterocycles. The zero-order chi connectivity index (χ0) is 7.84. The van der Waals surface area contributed by atoms with Crippen LogP contribution in [0.3, 0.4) is 0 Å². The minimum atomic E-state index is -0.105. The van der Waals surface area contributed by atoms with Gasteiger partial charge in [-0.3, -0.25) is 4.79 Å². The molecule has 1 aromatic rings. The van der Waals surface area contributed by atoms with Gasteiger partial charge in [0.2, 0.25) is 0 Å². The minimum absolute atomic E-state index is 0.105. The van der Waals surface area contributed by atoms with Gasteiger partial charge in [-0.15, -0.1) is 0 Å². The summed E-state index contributed by atoms with van der Waals surface area (Å²) in [7, 11) is 0. The summed E-state index contributed by atoms with van der Waals surface area (Å²) in [6.45, 7) is 1.88. The van der Waals surface area contributed by atoms with Crippen molar-refractivity contribution in [2.75, 3.05) is 0 Å². The summed E-state index contributed by atoms with van der Waals surface area (Å²) < 4.78 is 1.34.